The summed E-state index contributed by atoms with van der Waals surface area (Å²) in [6, 6.07) is 3.35. The van der Waals surface area contributed by atoms with E-state index in [2.05, 4.69) is 20.4 Å². The zero-order valence-corrected chi connectivity index (χ0v) is 14.3. The molecule has 2 atom stereocenters. The van der Waals surface area contributed by atoms with Crippen LogP contribution < -0.4 is 5.32 Å². The third-order valence-electron chi connectivity index (χ3n) is 6.02. The van der Waals surface area contributed by atoms with Crippen LogP contribution in [0.15, 0.2) is 31.0 Å². The number of amides is 3. The summed E-state index contributed by atoms with van der Waals surface area (Å²) in [4.78, 5) is 35.1. The Morgan fingerprint density at radius 2 is 2.15 bits per heavy atom. The van der Waals surface area contributed by atoms with E-state index in [1.54, 1.807) is 17.2 Å². The largest absolute Gasteiger partial charge is 0.334 e. The molecule has 26 heavy (non-hydrogen) atoms. The number of urea groups is 1. The first-order valence-corrected chi connectivity index (χ1v) is 9.05. The average Bonchev–Trinajstić information content (AvgIpc) is 3.17. The third kappa shape index (κ3) is 2.56. The van der Waals surface area contributed by atoms with Crippen LogP contribution in [-0.2, 0) is 11.3 Å². The van der Waals surface area contributed by atoms with Gasteiger partial charge in [0, 0.05) is 12.2 Å². The molecule has 8 heteroatoms. The maximum atomic E-state index is 13.0. The van der Waals surface area contributed by atoms with Crippen molar-refractivity contribution in [2.75, 3.05) is 0 Å². The van der Waals surface area contributed by atoms with Gasteiger partial charge in [0.15, 0.2) is 5.82 Å². The standard InChI is InChI=1S/C18H20N6O2/c25-16-13-8-18(4-5-18)3-1-14(13)22-17(26)23(16)9-12-2-6-20-15(7-12)24-11-19-10-21-24/h2,6-7,10-11,13-14H,1,3-5,8-9H2,(H,22,26)/t13-,14+/m0/s1. The van der Waals surface area contributed by atoms with E-state index in [-0.39, 0.29) is 30.4 Å². The van der Waals surface area contributed by atoms with Crippen LogP contribution in [0.5, 0.6) is 0 Å². The summed E-state index contributed by atoms with van der Waals surface area (Å²) in [6.07, 6.45) is 10.1. The van der Waals surface area contributed by atoms with Gasteiger partial charge in [-0.25, -0.2) is 19.4 Å². The van der Waals surface area contributed by atoms with E-state index in [1.165, 1.54) is 24.1 Å². The first-order valence-electron chi connectivity index (χ1n) is 9.05. The maximum Gasteiger partial charge on any atom is 0.324 e. The van der Waals surface area contributed by atoms with Gasteiger partial charge in [0.1, 0.15) is 12.7 Å². The Kier molecular flexibility index (Phi) is 3.35. The van der Waals surface area contributed by atoms with Crippen molar-refractivity contribution in [3.8, 4) is 5.82 Å². The second-order valence-electron chi connectivity index (χ2n) is 7.69. The minimum Gasteiger partial charge on any atom is -0.334 e. The van der Waals surface area contributed by atoms with Gasteiger partial charge in [0.05, 0.1) is 12.5 Å². The van der Waals surface area contributed by atoms with E-state index in [4.69, 9.17) is 0 Å². The summed E-state index contributed by atoms with van der Waals surface area (Å²) < 4.78 is 1.55. The molecule has 0 aromatic carbocycles. The van der Waals surface area contributed by atoms with E-state index >= 15 is 0 Å². The number of aromatic nitrogens is 4. The predicted octanol–water partition coefficient (Wildman–Crippen LogP) is 1.66. The molecular formula is C18H20N6O2. The van der Waals surface area contributed by atoms with E-state index in [9.17, 15) is 9.59 Å². The number of nitrogens with zero attached hydrogens (tertiary/aromatic N) is 5. The zero-order valence-electron chi connectivity index (χ0n) is 14.3. The van der Waals surface area contributed by atoms with Crippen molar-refractivity contribution < 1.29 is 9.59 Å². The van der Waals surface area contributed by atoms with Gasteiger partial charge < -0.3 is 5.32 Å². The molecule has 1 saturated heterocycles. The van der Waals surface area contributed by atoms with Crippen LogP contribution in [0, 0.1) is 11.3 Å². The molecule has 0 radical (unpaired) electrons. The van der Waals surface area contributed by atoms with Crippen molar-refractivity contribution in [2.45, 2.75) is 44.7 Å². The van der Waals surface area contributed by atoms with Gasteiger partial charge in [-0.15, -0.1) is 0 Å². The molecule has 5 rings (SSSR count). The molecule has 3 aliphatic rings. The molecule has 1 N–H and O–H groups in total. The Bertz CT molecular complexity index is 860. The molecule has 134 valence electrons. The lowest BCUT2D eigenvalue weighted by Gasteiger charge is -2.42. The summed E-state index contributed by atoms with van der Waals surface area (Å²) in [5.74, 6) is 0.488. The number of hydrogen-bond acceptors (Lipinski definition) is 5. The van der Waals surface area contributed by atoms with Crippen LogP contribution in [0.3, 0.4) is 0 Å². The Labute approximate surface area is 150 Å². The number of pyridine rings is 1. The van der Waals surface area contributed by atoms with Crippen LogP contribution in [0.4, 0.5) is 4.79 Å². The van der Waals surface area contributed by atoms with E-state index in [0.717, 1.165) is 24.8 Å². The first-order chi connectivity index (χ1) is 12.6. The molecule has 1 spiro atoms. The highest BCUT2D eigenvalue weighted by atomic mass is 16.2. The van der Waals surface area contributed by atoms with Crippen LogP contribution in [0.2, 0.25) is 0 Å². The molecule has 2 aliphatic carbocycles. The Balaban J connectivity index is 1.37. The smallest absolute Gasteiger partial charge is 0.324 e. The van der Waals surface area contributed by atoms with Crippen LogP contribution >= 0.6 is 0 Å². The second-order valence-corrected chi connectivity index (χ2v) is 7.69. The molecule has 2 aromatic heterocycles. The first kappa shape index (κ1) is 15.5. The molecule has 3 heterocycles. The van der Waals surface area contributed by atoms with Crippen LogP contribution in [-0.4, -0.2) is 42.6 Å². The summed E-state index contributed by atoms with van der Waals surface area (Å²) >= 11 is 0. The highest BCUT2D eigenvalue weighted by Gasteiger charge is 2.53. The highest BCUT2D eigenvalue weighted by Crippen LogP contribution is 2.58. The van der Waals surface area contributed by atoms with Crippen molar-refractivity contribution in [3.63, 3.8) is 0 Å². The van der Waals surface area contributed by atoms with Crippen molar-refractivity contribution in [1.82, 2.24) is 30.0 Å². The Morgan fingerprint density at radius 3 is 2.92 bits per heavy atom. The van der Waals surface area contributed by atoms with Gasteiger partial charge >= 0.3 is 6.03 Å². The number of carbonyl (C=O) groups excluding carboxylic acids is 2. The monoisotopic (exact) mass is 352 g/mol. The molecule has 2 saturated carbocycles. The number of rotatable bonds is 3. The topological polar surface area (TPSA) is 93.0 Å². The summed E-state index contributed by atoms with van der Waals surface area (Å²) in [6.45, 7) is 0.241. The minimum absolute atomic E-state index is 0.000578. The fourth-order valence-electron chi connectivity index (χ4n) is 4.32. The fraction of sp³-hybridized carbons (Fsp3) is 0.500. The number of nitrogens with one attached hydrogen (secondary N) is 1. The lowest BCUT2D eigenvalue weighted by molar-refractivity contribution is -0.138. The maximum absolute atomic E-state index is 13.0. The quantitative estimate of drug-likeness (QED) is 0.907. The van der Waals surface area contributed by atoms with Crippen molar-refractivity contribution in [2.24, 2.45) is 11.3 Å². The van der Waals surface area contributed by atoms with Gasteiger partial charge in [0.2, 0.25) is 5.91 Å². The SMILES string of the molecule is O=C1N[C@@H]2CCC3(CC3)C[C@@H]2C(=O)N1Cc1ccnc(-n2cncn2)c1. The average molecular weight is 352 g/mol. The summed E-state index contributed by atoms with van der Waals surface area (Å²) in [5.41, 5.74) is 1.21. The number of carbonyl (C=O) groups is 2. The molecule has 1 aliphatic heterocycles. The normalized spacial score (nSPS) is 26.5. The molecular weight excluding hydrogens is 332 g/mol. The number of imide groups is 1. The molecule has 0 bridgehead atoms. The van der Waals surface area contributed by atoms with Gasteiger partial charge in [-0.2, -0.15) is 5.10 Å². The predicted molar refractivity (Wildman–Crippen MR) is 91.0 cm³/mol. The Morgan fingerprint density at radius 1 is 1.27 bits per heavy atom. The van der Waals surface area contributed by atoms with Crippen molar-refractivity contribution in [1.29, 1.82) is 0 Å². The Hall–Kier alpha value is -2.77. The molecule has 3 amide bonds. The van der Waals surface area contributed by atoms with E-state index in [0.29, 0.717) is 11.2 Å². The van der Waals surface area contributed by atoms with Gasteiger partial charge in [0.25, 0.3) is 0 Å². The van der Waals surface area contributed by atoms with E-state index in [1.807, 2.05) is 12.1 Å². The van der Waals surface area contributed by atoms with Crippen molar-refractivity contribution >= 4 is 11.9 Å². The lowest BCUT2D eigenvalue weighted by Crippen LogP contribution is -2.61. The number of hydrogen-bond donors (Lipinski definition) is 1. The second kappa shape index (κ2) is 5.62. The molecule has 8 nitrogen and oxygen atoms in total. The van der Waals surface area contributed by atoms with Crippen molar-refractivity contribution in [3.05, 3.63) is 36.5 Å². The van der Waals surface area contributed by atoms with Gasteiger partial charge in [-0.3, -0.25) is 9.69 Å². The molecule has 2 aromatic rings. The van der Waals surface area contributed by atoms with E-state index < -0.39 is 0 Å². The fourth-order valence-corrected chi connectivity index (χ4v) is 4.32. The van der Waals surface area contributed by atoms with Gasteiger partial charge in [-0.05, 0) is 55.2 Å². The zero-order chi connectivity index (χ0) is 17.7. The third-order valence-corrected chi connectivity index (χ3v) is 6.02. The van der Waals surface area contributed by atoms with Crippen LogP contribution in [0.1, 0.15) is 37.7 Å². The lowest BCUT2D eigenvalue weighted by atomic mass is 9.74. The van der Waals surface area contributed by atoms with Crippen LogP contribution in [0.25, 0.3) is 5.82 Å². The summed E-state index contributed by atoms with van der Waals surface area (Å²) in [5, 5.41) is 7.11. The van der Waals surface area contributed by atoms with Gasteiger partial charge in [-0.1, -0.05) is 0 Å². The highest BCUT2D eigenvalue weighted by molar-refractivity contribution is 5.98. The molecule has 3 fully saturated rings. The molecule has 0 unspecified atom stereocenters. The minimum atomic E-state index is -0.290. The number of fused-ring (bicyclic) bond motifs is 1. The summed E-state index contributed by atoms with van der Waals surface area (Å²) in [7, 11) is 0.